The van der Waals surface area contributed by atoms with Gasteiger partial charge in [0.1, 0.15) is 18.0 Å². The maximum Gasteiger partial charge on any atom is 0.142 e. The Balaban J connectivity index is 1.77. The molecule has 0 saturated heterocycles. The van der Waals surface area contributed by atoms with Crippen LogP contribution < -0.4 is 5.32 Å². The van der Waals surface area contributed by atoms with Gasteiger partial charge in [-0.3, -0.25) is 4.98 Å². The van der Waals surface area contributed by atoms with Gasteiger partial charge in [-0.1, -0.05) is 30.3 Å². The highest BCUT2D eigenvalue weighted by atomic mass is 19.1. The number of aromatic nitrogens is 3. The van der Waals surface area contributed by atoms with Crippen LogP contribution in [-0.2, 0) is 6.54 Å². The van der Waals surface area contributed by atoms with Crippen LogP contribution in [0.25, 0.3) is 11.3 Å². The van der Waals surface area contributed by atoms with E-state index < -0.39 is 0 Å². The summed E-state index contributed by atoms with van der Waals surface area (Å²) in [6.07, 6.45) is 4.19. The highest BCUT2D eigenvalue weighted by Crippen LogP contribution is 2.18. The molecule has 0 spiro atoms. The predicted octanol–water partition coefficient (Wildman–Crippen LogP) is 3.29. The van der Waals surface area contributed by atoms with Crippen LogP contribution in [0.4, 0.5) is 10.2 Å². The molecule has 0 radical (unpaired) electrons. The molecule has 104 valence electrons. The number of hydrogen-bond donors (Lipinski definition) is 1. The lowest BCUT2D eigenvalue weighted by molar-refractivity contribution is 0.622. The first-order valence-corrected chi connectivity index (χ1v) is 6.52. The monoisotopic (exact) mass is 280 g/mol. The summed E-state index contributed by atoms with van der Waals surface area (Å²) in [5.41, 5.74) is 2.41. The van der Waals surface area contributed by atoms with Gasteiger partial charge in [0.05, 0.1) is 11.9 Å². The molecule has 0 atom stereocenters. The van der Waals surface area contributed by atoms with E-state index in [2.05, 4.69) is 20.3 Å². The van der Waals surface area contributed by atoms with E-state index in [1.165, 1.54) is 18.6 Å². The van der Waals surface area contributed by atoms with Crippen molar-refractivity contribution in [1.82, 2.24) is 15.0 Å². The van der Waals surface area contributed by atoms with Crippen molar-refractivity contribution in [3.8, 4) is 11.3 Å². The zero-order chi connectivity index (χ0) is 14.5. The number of nitrogens with one attached hydrogen (secondary N) is 1. The van der Waals surface area contributed by atoms with E-state index in [4.69, 9.17) is 0 Å². The smallest absolute Gasteiger partial charge is 0.142 e. The van der Waals surface area contributed by atoms with Gasteiger partial charge >= 0.3 is 0 Å². The summed E-state index contributed by atoms with van der Waals surface area (Å²) >= 11 is 0. The van der Waals surface area contributed by atoms with Crippen LogP contribution in [-0.4, -0.2) is 15.0 Å². The van der Waals surface area contributed by atoms with Crippen LogP contribution in [0.3, 0.4) is 0 Å². The van der Waals surface area contributed by atoms with E-state index in [1.807, 2.05) is 30.3 Å². The van der Waals surface area contributed by atoms with Crippen molar-refractivity contribution in [3.05, 3.63) is 72.6 Å². The lowest BCUT2D eigenvalue weighted by Crippen LogP contribution is -2.02. The average molecular weight is 280 g/mol. The first-order valence-electron chi connectivity index (χ1n) is 6.52. The molecule has 0 aliphatic heterocycles. The Kier molecular flexibility index (Phi) is 3.82. The number of benzene rings is 1. The summed E-state index contributed by atoms with van der Waals surface area (Å²) in [5.74, 6) is 0.304. The average Bonchev–Trinajstić information content (AvgIpc) is 2.54. The van der Waals surface area contributed by atoms with Gasteiger partial charge in [-0.05, 0) is 11.6 Å². The van der Waals surface area contributed by atoms with E-state index in [1.54, 1.807) is 12.3 Å². The minimum absolute atomic E-state index is 0.384. The van der Waals surface area contributed by atoms with Gasteiger partial charge in [0.2, 0.25) is 0 Å². The van der Waals surface area contributed by atoms with Gasteiger partial charge in [-0.15, -0.1) is 0 Å². The minimum Gasteiger partial charge on any atom is -0.366 e. The van der Waals surface area contributed by atoms with Gasteiger partial charge in [0, 0.05) is 24.4 Å². The number of nitrogens with zero attached hydrogens (tertiary/aromatic N) is 3. The summed E-state index contributed by atoms with van der Waals surface area (Å²) in [7, 11) is 0. The van der Waals surface area contributed by atoms with Gasteiger partial charge in [0.15, 0.2) is 0 Å². The molecule has 0 aliphatic rings. The quantitative estimate of drug-likeness (QED) is 0.796. The Hall–Kier alpha value is -2.82. The molecule has 21 heavy (non-hydrogen) atoms. The lowest BCUT2D eigenvalue weighted by Gasteiger charge is -2.07. The molecule has 1 N–H and O–H groups in total. The van der Waals surface area contributed by atoms with Crippen molar-refractivity contribution in [1.29, 1.82) is 0 Å². The minimum atomic E-state index is -0.384. The van der Waals surface area contributed by atoms with Gasteiger partial charge in [0.25, 0.3) is 0 Å². The molecule has 1 aromatic carbocycles. The number of rotatable bonds is 4. The zero-order valence-corrected chi connectivity index (χ0v) is 11.2. The molecule has 0 fully saturated rings. The fraction of sp³-hybridized carbons (Fsp3) is 0.0625. The van der Waals surface area contributed by atoms with Gasteiger partial charge in [-0.2, -0.15) is 0 Å². The summed E-state index contributed by atoms with van der Waals surface area (Å²) in [6.45, 7) is 0.665. The number of pyridine rings is 1. The molecule has 3 aromatic rings. The number of anilines is 1. The van der Waals surface area contributed by atoms with Crippen LogP contribution in [0, 0.1) is 5.82 Å². The van der Waals surface area contributed by atoms with Crippen LogP contribution in [0.15, 0.2) is 61.2 Å². The third kappa shape index (κ3) is 3.39. The Morgan fingerprint density at radius 2 is 1.86 bits per heavy atom. The van der Waals surface area contributed by atoms with Crippen molar-refractivity contribution in [2.24, 2.45) is 0 Å². The third-order valence-electron chi connectivity index (χ3n) is 2.98. The van der Waals surface area contributed by atoms with Gasteiger partial charge in [-0.25, -0.2) is 14.4 Å². The Bertz CT molecular complexity index is 731. The maximum absolute atomic E-state index is 13.2. The molecule has 5 heteroatoms. The topological polar surface area (TPSA) is 50.7 Å². The fourth-order valence-electron chi connectivity index (χ4n) is 1.95. The molecule has 0 saturated carbocycles. The second kappa shape index (κ2) is 6.09. The zero-order valence-electron chi connectivity index (χ0n) is 11.2. The predicted molar refractivity (Wildman–Crippen MR) is 79.0 cm³/mol. The SMILES string of the molecule is Fc1cncc(-c2cc(NCc3ccccc3)ncn2)c1. The fourth-order valence-corrected chi connectivity index (χ4v) is 1.95. The van der Waals surface area contributed by atoms with Crippen molar-refractivity contribution < 1.29 is 4.39 Å². The van der Waals surface area contributed by atoms with Crippen LogP contribution in [0.1, 0.15) is 5.56 Å². The first kappa shape index (κ1) is 13.2. The molecular weight excluding hydrogens is 267 g/mol. The molecule has 0 bridgehead atoms. The molecule has 0 aliphatic carbocycles. The molecule has 0 amide bonds. The van der Waals surface area contributed by atoms with E-state index in [0.29, 0.717) is 23.6 Å². The van der Waals surface area contributed by atoms with Crippen LogP contribution >= 0.6 is 0 Å². The van der Waals surface area contributed by atoms with Crippen LogP contribution in [0.2, 0.25) is 0 Å². The second-order valence-corrected chi connectivity index (χ2v) is 4.52. The molecule has 3 rings (SSSR count). The Morgan fingerprint density at radius 3 is 2.67 bits per heavy atom. The standard InChI is InChI=1S/C16H13FN4/c17-14-6-13(9-18-10-14)15-7-16(21-11-20-15)19-8-12-4-2-1-3-5-12/h1-7,9-11H,8H2,(H,19,20,21). The molecular formula is C16H13FN4. The Labute approximate surface area is 121 Å². The molecule has 4 nitrogen and oxygen atoms in total. The van der Waals surface area contributed by atoms with Gasteiger partial charge < -0.3 is 5.32 Å². The molecule has 2 aromatic heterocycles. The maximum atomic E-state index is 13.2. The van der Waals surface area contributed by atoms with E-state index in [-0.39, 0.29) is 5.82 Å². The summed E-state index contributed by atoms with van der Waals surface area (Å²) < 4.78 is 13.2. The highest BCUT2D eigenvalue weighted by molar-refractivity contribution is 5.61. The summed E-state index contributed by atoms with van der Waals surface area (Å²) in [5, 5.41) is 3.22. The summed E-state index contributed by atoms with van der Waals surface area (Å²) in [4.78, 5) is 12.1. The van der Waals surface area contributed by atoms with Crippen molar-refractivity contribution in [2.45, 2.75) is 6.54 Å². The molecule has 2 heterocycles. The van der Waals surface area contributed by atoms with E-state index >= 15 is 0 Å². The second-order valence-electron chi connectivity index (χ2n) is 4.52. The lowest BCUT2D eigenvalue weighted by atomic mass is 10.2. The normalized spacial score (nSPS) is 10.3. The number of hydrogen-bond acceptors (Lipinski definition) is 4. The van der Waals surface area contributed by atoms with Crippen LogP contribution in [0.5, 0.6) is 0 Å². The first-order chi connectivity index (χ1) is 10.3. The largest absolute Gasteiger partial charge is 0.366 e. The van der Waals surface area contributed by atoms with Crippen molar-refractivity contribution in [2.75, 3.05) is 5.32 Å². The Morgan fingerprint density at radius 1 is 1.00 bits per heavy atom. The highest BCUT2D eigenvalue weighted by Gasteiger charge is 2.04. The van der Waals surface area contributed by atoms with E-state index in [0.717, 1.165) is 5.56 Å². The third-order valence-corrected chi connectivity index (χ3v) is 2.98. The number of halogens is 1. The van der Waals surface area contributed by atoms with Crippen molar-refractivity contribution >= 4 is 5.82 Å². The van der Waals surface area contributed by atoms with Crippen molar-refractivity contribution in [3.63, 3.8) is 0 Å². The summed E-state index contributed by atoms with van der Waals surface area (Å²) in [6, 6.07) is 13.2. The van der Waals surface area contributed by atoms with E-state index in [9.17, 15) is 4.39 Å². The molecule has 0 unspecified atom stereocenters.